The van der Waals surface area contributed by atoms with Gasteiger partial charge in [0.1, 0.15) is 6.61 Å². The number of hydrogen-bond acceptors (Lipinski definition) is 5. The molecule has 0 N–H and O–H groups in total. The minimum atomic E-state index is -0.485. The molecule has 88 valence electrons. The van der Waals surface area contributed by atoms with Crippen molar-refractivity contribution in [3.63, 3.8) is 0 Å². The summed E-state index contributed by atoms with van der Waals surface area (Å²) in [4.78, 5) is 10.0. The molecule has 0 aliphatic heterocycles. The molecule has 0 saturated carbocycles. The third-order valence-corrected chi connectivity index (χ3v) is 1.90. The predicted molar refractivity (Wildman–Crippen MR) is 57.0 cm³/mol. The van der Waals surface area contributed by atoms with Gasteiger partial charge in [-0.1, -0.05) is 0 Å². The highest BCUT2D eigenvalue weighted by molar-refractivity contribution is 5.48. The molecule has 0 spiro atoms. The Labute approximate surface area is 92.9 Å². The summed E-state index contributed by atoms with van der Waals surface area (Å²) < 4.78 is 15.2. The molecule has 0 unspecified atom stereocenters. The third-order valence-electron chi connectivity index (χ3n) is 1.90. The lowest BCUT2D eigenvalue weighted by atomic mass is 10.3. The molecular weight excluding hydrogens is 214 g/mol. The van der Waals surface area contributed by atoms with E-state index in [1.807, 2.05) is 0 Å². The molecule has 0 amide bonds. The van der Waals surface area contributed by atoms with E-state index in [0.717, 1.165) is 0 Å². The summed E-state index contributed by atoms with van der Waals surface area (Å²) >= 11 is 0. The first-order chi connectivity index (χ1) is 7.69. The van der Waals surface area contributed by atoms with E-state index in [-0.39, 0.29) is 5.69 Å². The van der Waals surface area contributed by atoms with Gasteiger partial charge in [0, 0.05) is 13.2 Å². The lowest BCUT2D eigenvalue weighted by molar-refractivity contribution is -0.384. The summed E-state index contributed by atoms with van der Waals surface area (Å²) in [5.41, 5.74) is -0.0315. The van der Waals surface area contributed by atoms with Crippen molar-refractivity contribution in [3.05, 3.63) is 28.3 Å². The zero-order valence-electron chi connectivity index (χ0n) is 9.13. The second-order valence-electron chi connectivity index (χ2n) is 2.93. The number of methoxy groups -OCH3 is 2. The smallest absolute Gasteiger partial charge is 0.273 e. The van der Waals surface area contributed by atoms with Crippen molar-refractivity contribution in [2.75, 3.05) is 27.4 Å². The van der Waals surface area contributed by atoms with Crippen LogP contribution in [0, 0.1) is 10.1 Å². The topological polar surface area (TPSA) is 70.8 Å². The zero-order valence-corrected chi connectivity index (χ0v) is 9.13. The normalized spacial score (nSPS) is 9.88. The van der Waals surface area contributed by atoms with E-state index >= 15 is 0 Å². The second kappa shape index (κ2) is 5.92. The molecule has 1 rings (SSSR count). The standard InChI is InChI=1S/C10H13NO5/c1-14-5-6-16-9-4-3-8(11(12)13)7-10(9)15-2/h3-4,7H,5-6H2,1-2H3. The fourth-order valence-corrected chi connectivity index (χ4v) is 1.12. The van der Waals surface area contributed by atoms with Crippen LogP contribution in [0.3, 0.4) is 0 Å². The number of nitro groups is 1. The third kappa shape index (κ3) is 3.09. The Kier molecular flexibility index (Phi) is 4.53. The van der Waals surface area contributed by atoms with Gasteiger partial charge in [0.25, 0.3) is 5.69 Å². The van der Waals surface area contributed by atoms with Gasteiger partial charge in [0.05, 0.1) is 24.7 Å². The fraction of sp³-hybridized carbons (Fsp3) is 0.400. The molecule has 0 bridgehead atoms. The minimum absolute atomic E-state index is 0.0315. The van der Waals surface area contributed by atoms with E-state index in [2.05, 4.69) is 0 Å². The highest BCUT2D eigenvalue weighted by Gasteiger charge is 2.11. The molecule has 0 aliphatic carbocycles. The van der Waals surface area contributed by atoms with Gasteiger partial charge in [-0.3, -0.25) is 10.1 Å². The monoisotopic (exact) mass is 227 g/mol. The van der Waals surface area contributed by atoms with Crippen LogP contribution >= 0.6 is 0 Å². The summed E-state index contributed by atoms with van der Waals surface area (Å²) in [6.07, 6.45) is 0. The Hall–Kier alpha value is -1.82. The Balaban J connectivity index is 2.80. The number of nitro benzene ring substituents is 1. The number of nitrogens with zero attached hydrogens (tertiary/aromatic N) is 1. The van der Waals surface area contributed by atoms with E-state index < -0.39 is 4.92 Å². The number of non-ortho nitro benzene ring substituents is 1. The Morgan fingerprint density at radius 2 is 2.00 bits per heavy atom. The van der Waals surface area contributed by atoms with Crippen LogP contribution in [0.25, 0.3) is 0 Å². The van der Waals surface area contributed by atoms with Gasteiger partial charge >= 0.3 is 0 Å². The van der Waals surface area contributed by atoms with Crippen molar-refractivity contribution in [3.8, 4) is 11.5 Å². The number of benzene rings is 1. The molecule has 1 aromatic carbocycles. The van der Waals surface area contributed by atoms with Gasteiger partial charge in [0.15, 0.2) is 11.5 Å². The molecule has 0 aliphatic rings. The summed E-state index contributed by atoms with van der Waals surface area (Å²) in [7, 11) is 3.00. The van der Waals surface area contributed by atoms with E-state index in [9.17, 15) is 10.1 Å². The van der Waals surface area contributed by atoms with Crippen molar-refractivity contribution >= 4 is 5.69 Å². The lowest BCUT2D eigenvalue weighted by Crippen LogP contribution is -2.05. The maximum atomic E-state index is 10.5. The van der Waals surface area contributed by atoms with Crippen molar-refractivity contribution in [1.82, 2.24) is 0 Å². The van der Waals surface area contributed by atoms with Crippen molar-refractivity contribution in [1.29, 1.82) is 0 Å². The lowest BCUT2D eigenvalue weighted by Gasteiger charge is -2.09. The van der Waals surface area contributed by atoms with E-state index in [0.29, 0.717) is 24.7 Å². The summed E-state index contributed by atoms with van der Waals surface area (Å²) in [5.74, 6) is 0.801. The summed E-state index contributed by atoms with van der Waals surface area (Å²) in [5, 5.41) is 10.5. The quantitative estimate of drug-likeness (QED) is 0.419. The first-order valence-corrected chi connectivity index (χ1v) is 4.63. The molecule has 0 heterocycles. The molecule has 0 aromatic heterocycles. The van der Waals surface area contributed by atoms with Crippen LogP contribution in [-0.2, 0) is 4.74 Å². The minimum Gasteiger partial charge on any atom is -0.493 e. The molecule has 16 heavy (non-hydrogen) atoms. The van der Waals surface area contributed by atoms with Gasteiger partial charge in [-0.15, -0.1) is 0 Å². The van der Waals surface area contributed by atoms with Gasteiger partial charge in [0.2, 0.25) is 0 Å². The van der Waals surface area contributed by atoms with Crippen molar-refractivity contribution in [2.45, 2.75) is 0 Å². The van der Waals surface area contributed by atoms with Crippen LogP contribution in [0.15, 0.2) is 18.2 Å². The van der Waals surface area contributed by atoms with Gasteiger partial charge in [-0.2, -0.15) is 0 Å². The second-order valence-corrected chi connectivity index (χ2v) is 2.93. The van der Waals surface area contributed by atoms with Crippen LogP contribution in [-0.4, -0.2) is 32.4 Å². The van der Waals surface area contributed by atoms with Crippen LogP contribution in [0.2, 0.25) is 0 Å². The summed E-state index contributed by atoms with van der Waals surface area (Å²) in [6.45, 7) is 0.810. The highest BCUT2D eigenvalue weighted by Crippen LogP contribution is 2.30. The molecular formula is C10H13NO5. The molecule has 0 saturated heterocycles. The molecule has 0 atom stereocenters. The van der Waals surface area contributed by atoms with Crippen LogP contribution in [0.5, 0.6) is 11.5 Å². The van der Waals surface area contributed by atoms with Crippen LogP contribution in [0.1, 0.15) is 0 Å². The van der Waals surface area contributed by atoms with Gasteiger partial charge in [-0.05, 0) is 6.07 Å². The number of rotatable bonds is 6. The fourth-order valence-electron chi connectivity index (χ4n) is 1.12. The van der Waals surface area contributed by atoms with Crippen molar-refractivity contribution in [2.24, 2.45) is 0 Å². The molecule has 0 fully saturated rings. The van der Waals surface area contributed by atoms with Crippen LogP contribution < -0.4 is 9.47 Å². The average Bonchev–Trinajstić information content (AvgIpc) is 2.29. The van der Waals surface area contributed by atoms with Crippen LogP contribution in [0.4, 0.5) is 5.69 Å². The van der Waals surface area contributed by atoms with Gasteiger partial charge in [-0.25, -0.2) is 0 Å². The number of ether oxygens (including phenoxy) is 3. The predicted octanol–water partition coefficient (Wildman–Crippen LogP) is 1.63. The van der Waals surface area contributed by atoms with Gasteiger partial charge < -0.3 is 14.2 Å². The largest absolute Gasteiger partial charge is 0.493 e. The maximum Gasteiger partial charge on any atom is 0.273 e. The van der Waals surface area contributed by atoms with Crippen molar-refractivity contribution < 1.29 is 19.1 Å². The molecule has 6 heteroatoms. The average molecular weight is 227 g/mol. The van der Waals surface area contributed by atoms with E-state index in [1.165, 1.54) is 25.3 Å². The van der Waals surface area contributed by atoms with E-state index in [4.69, 9.17) is 14.2 Å². The maximum absolute atomic E-state index is 10.5. The first-order valence-electron chi connectivity index (χ1n) is 4.63. The summed E-state index contributed by atoms with van der Waals surface area (Å²) in [6, 6.07) is 4.19. The highest BCUT2D eigenvalue weighted by atomic mass is 16.6. The SMILES string of the molecule is COCCOc1ccc([N+](=O)[O-])cc1OC. The van der Waals surface area contributed by atoms with E-state index in [1.54, 1.807) is 7.11 Å². The Morgan fingerprint density at radius 1 is 1.25 bits per heavy atom. The molecule has 0 radical (unpaired) electrons. The Bertz CT molecular complexity index is 366. The molecule has 1 aromatic rings. The zero-order chi connectivity index (χ0) is 12.0. The number of hydrogen-bond donors (Lipinski definition) is 0. The first kappa shape index (κ1) is 12.3. The molecule has 6 nitrogen and oxygen atoms in total. The Morgan fingerprint density at radius 3 is 2.56 bits per heavy atom.